The number of phenols is 1. The smallest absolute Gasteiger partial charge is 0.174 e. The molecular weight excluding hydrogens is 410 g/mol. The Hall–Kier alpha value is -1.11. The fraction of sp³-hybridized carbons (Fsp3) is 0.667. The maximum atomic E-state index is 12.7. The van der Waals surface area contributed by atoms with Crippen molar-refractivity contribution >= 4 is 21.7 Å². The van der Waals surface area contributed by atoms with Crippen LogP contribution in [0.25, 0.3) is 0 Å². The average molecular weight is 436 g/mol. The molecule has 4 atom stereocenters. The number of hydrogen-bond donors (Lipinski definition) is 2. The first-order chi connectivity index (χ1) is 13.0. The van der Waals surface area contributed by atoms with Crippen molar-refractivity contribution in [2.45, 2.75) is 61.7 Å². The minimum atomic E-state index is -0.940. The van der Waals surface area contributed by atoms with Gasteiger partial charge in [0, 0.05) is 24.6 Å². The fourth-order valence-electron chi connectivity index (χ4n) is 6.26. The van der Waals surface area contributed by atoms with Gasteiger partial charge in [-0.3, -0.25) is 9.69 Å². The summed E-state index contributed by atoms with van der Waals surface area (Å²) in [7, 11) is 0. The molecule has 2 saturated carbocycles. The topological polar surface area (TPSA) is 70.0 Å². The maximum Gasteiger partial charge on any atom is 0.174 e. The SMILES string of the molecule is CBr.O=C1CC[C@@]2(O)[C@H]3Cc4ccc(O)c5c4[C@@]2(CCN3CC2CC2)[C@H]1O5. The molecule has 146 valence electrons. The third-order valence-corrected chi connectivity index (χ3v) is 7.56. The molecule has 3 aliphatic carbocycles. The molecule has 1 aromatic rings. The van der Waals surface area contributed by atoms with E-state index in [1.165, 1.54) is 12.8 Å². The molecule has 1 saturated heterocycles. The van der Waals surface area contributed by atoms with E-state index in [0.717, 1.165) is 43.0 Å². The number of nitrogens with zero attached hydrogens (tertiary/aromatic N) is 1. The fourth-order valence-corrected chi connectivity index (χ4v) is 6.26. The molecule has 5 nitrogen and oxygen atoms in total. The lowest BCUT2D eigenvalue weighted by Gasteiger charge is -2.62. The summed E-state index contributed by atoms with van der Waals surface area (Å²) < 4.78 is 6.04. The average Bonchev–Trinajstić information content (AvgIpc) is 3.41. The van der Waals surface area contributed by atoms with Gasteiger partial charge in [0.25, 0.3) is 0 Å². The largest absolute Gasteiger partial charge is 0.504 e. The Balaban J connectivity index is 0.000000777. The second-order valence-corrected chi connectivity index (χ2v) is 8.72. The number of ether oxygens (including phenoxy) is 1. The van der Waals surface area contributed by atoms with Gasteiger partial charge >= 0.3 is 0 Å². The first-order valence-electron chi connectivity index (χ1n) is 9.93. The molecule has 2 bridgehead atoms. The second-order valence-electron chi connectivity index (χ2n) is 8.72. The van der Waals surface area contributed by atoms with Crippen LogP contribution in [0.3, 0.4) is 0 Å². The number of aromatic hydroxyl groups is 1. The molecule has 5 aliphatic rings. The zero-order valence-corrected chi connectivity index (χ0v) is 17.2. The molecule has 6 heteroatoms. The van der Waals surface area contributed by atoms with E-state index in [9.17, 15) is 15.0 Å². The minimum Gasteiger partial charge on any atom is -0.504 e. The standard InChI is InChI=1S/C20H23NO4.CH3Br/c22-13-4-3-12-9-15-20(24)6-5-14(23)18-19(20,16(12)17(13)25-18)7-8-21(15)10-11-1-2-11;1-2/h3-4,11,15,18,22,24H,1-2,5-10H2;1H3/t15-,18+,19+,20-;/m1./s1. The molecule has 27 heavy (non-hydrogen) atoms. The monoisotopic (exact) mass is 435 g/mol. The van der Waals surface area contributed by atoms with Gasteiger partial charge in [0.05, 0.1) is 11.0 Å². The second kappa shape index (κ2) is 5.94. The van der Waals surface area contributed by atoms with Crippen molar-refractivity contribution in [2.24, 2.45) is 5.92 Å². The molecule has 0 amide bonds. The molecule has 0 unspecified atom stereocenters. The summed E-state index contributed by atoms with van der Waals surface area (Å²) >= 11 is 2.94. The summed E-state index contributed by atoms with van der Waals surface area (Å²) in [6, 6.07) is 3.69. The van der Waals surface area contributed by atoms with E-state index in [1.807, 2.05) is 11.9 Å². The number of piperidine rings is 1. The lowest BCUT2D eigenvalue weighted by molar-refractivity contribution is -0.188. The summed E-state index contributed by atoms with van der Waals surface area (Å²) in [6.07, 6.45) is 4.33. The number of hydrogen-bond acceptors (Lipinski definition) is 5. The Morgan fingerprint density at radius 3 is 2.81 bits per heavy atom. The number of phenolic OH excluding ortho intramolecular Hbond substituents is 1. The van der Waals surface area contributed by atoms with Crippen LogP contribution in [0.2, 0.25) is 0 Å². The number of benzene rings is 1. The zero-order chi connectivity index (χ0) is 19.0. The lowest BCUT2D eigenvalue weighted by Crippen LogP contribution is -2.76. The Morgan fingerprint density at radius 1 is 1.30 bits per heavy atom. The Kier molecular flexibility index (Phi) is 3.95. The Labute approximate surface area is 167 Å². The number of Topliss-reactive ketones (excluding diaryl/α,β-unsaturated/α-hetero) is 1. The molecule has 1 aromatic carbocycles. The van der Waals surface area contributed by atoms with Crippen LogP contribution in [-0.2, 0) is 16.6 Å². The molecule has 2 aliphatic heterocycles. The van der Waals surface area contributed by atoms with Crippen molar-refractivity contribution < 1.29 is 19.7 Å². The van der Waals surface area contributed by atoms with Gasteiger partial charge in [-0.25, -0.2) is 0 Å². The number of carbonyl (C=O) groups excluding carboxylic acids is 1. The van der Waals surface area contributed by atoms with Crippen LogP contribution >= 0.6 is 15.9 Å². The highest BCUT2D eigenvalue weighted by Gasteiger charge is 2.73. The van der Waals surface area contributed by atoms with Gasteiger partial charge in [-0.15, -0.1) is 0 Å². The molecule has 6 rings (SSSR count). The first kappa shape index (κ1) is 18.0. The molecule has 3 fully saturated rings. The summed E-state index contributed by atoms with van der Waals surface area (Å²) in [5.41, 5.74) is 0.454. The summed E-state index contributed by atoms with van der Waals surface area (Å²) in [5, 5.41) is 22.3. The van der Waals surface area contributed by atoms with E-state index in [1.54, 1.807) is 6.07 Å². The molecule has 1 spiro atoms. The van der Waals surface area contributed by atoms with Crippen LogP contribution in [0, 0.1) is 5.92 Å². The predicted molar refractivity (Wildman–Crippen MR) is 105 cm³/mol. The molecular formula is C21H26BrNO4. The predicted octanol–water partition coefficient (Wildman–Crippen LogP) is 2.54. The van der Waals surface area contributed by atoms with E-state index in [2.05, 4.69) is 20.8 Å². The van der Waals surface area contributed by atoms with Crippen molar-refractivity contribution in [3.05, 3.63) is 23.3 Å². The molecule has 0 radical (unpaired) electrons. The molecule has 2 N–H and O–H groups in total. The van der Waals surface area contributed by atoms with Gasteiger partial charge in [0.2, 0.25) is 0 Å². The Morgan fingerprint density at radius 2 is 2.07 bits per heavy atom. The summed E-state index contributed by atoms with van der Waals surface area (Å²) in [4.78, 5) is 15.2. The van der Waals surface area contributed by atoms with Crippen LogP contribution in [0.5, 0.6) is 11.5 Å². The van der Waals surface area contributed by atoms with Gasteiger partial charge in [0.1, 0.15) is 0 Å². The van der Waals surface area contributed by atoms with Gasteiger partial charge in [0.15, 0.2) is 23.4 Å². The van der Waals surface area contributed by atoms with Crippen molar-refractivity contribution in [1.29, 1.82) is 0 Å². The van der Waals surface area contributed by atoms with E-state index in [4.69, 9.17) is 4.74 Å². The van der Waals surface area contributed by atoms with Gasteiger partial charge in [-0.1, -0.05) is 22.0 Å². The van der Waals surface area contributed by atoms with Crippen LogP contribution in [0.4, 0.5) is 0 Å². The molecule has 0 aromatic heterocycles. The lowest BCUT2D eigenvalue weighted by atomic mass is 9.49. The highest BCUT2D eigenvalue weighted by molar-refractivity contribution is 9.08. The van der Waals surface area contributed by atoms with Crippen LogP contribution < -0.4 is 4.74 Å². The van der Waals surface area contributed by atoms with Crippen LogP contribution in [0.1, 0.15) is 43.2 Å². The number of likely N-dealkylation sites (tertiary alicyclic amines) is 1. The zero-order valence-electron chi connectivity index (χ0n) is 15.6. The quantitative estimate of drug-likeness (QED) is 0.698. The number of aliphatic hydroxyl groups is 1. The van der Waals surface area contributed by atoms with E-state index in [0.29, 0.717) is 18.6 Å². The highest BCUT2D eigenvalue weighted by atomic mass is 79.9. The van der Waals surface area contributed by atoms with Crippen LogP contribution in [0.15, 0.2) is 12.1 Å². The highest BCUT2D eigenvalue weighted by Crippen LogP contribution is 2.64. The molecule has 2 heterocycles. The van der Waals surface area contributed by atoms with Gasteiger partial charge in [-0.2, -0.15) is 0 Å². The minimum absolute atomic E-state index is 0.0454. The third-order valence-electron chi connectivity index (χ3n) is 7.56. The van der Waals surface area contributed by atoms with Gasteiger partial charge < -0.3 is 14.9 Å². The normalized spacial score (nSPS) is 38.6. The number of carbonyl (C=O) groups is 1. The van der Waals surface area contributed by atoms with Crippen molar-refractivity contribution in [1.82, 2.24) is 4.90 Å². The van der Waals surface area contributed by atoms with Crippen LogP contribution in [-0.4, -0.2) is 57.6 Å². The van der Waals surface area contributed by atoms with Crippen molar-refractivity contribution in [3.63, 3.8) is 0 Å². The third kappa shape index (κ3) is 2.15. The van der Waals surface area contributed by atoms with Crippen molar-refractivity contribution in [2.75, 3.05) is 18.9 Å². The summed E-state index contributed by atoms with van der Waals surface area (Å²) in [6.45, 7) is 1.95. The number of ketones is 1. The Bertz CT molecular complexity index is 810. The van der Waals surface area contributed by atoms with E-state index in [-0.39, 0.29) is 17.6 Å². The number of halogens is 1. The summed E-state index contributed by atoms with van der Waals surface area (Å²) in [5.74, 6) is 3.20. The maximum absolute atomic E-state index is 12.7. The van der Waals surface area contributed by atoms with E-state index >= 15 is 0 Å². The number of rotatable bonds is 2. The van der Waals surface area contributed by atoms with Gasteiger partial charge in [-0.05, 0) is 62.0 Å². The first-order valence-corrected chi connectivity index (χ1v) is 11.5. The van der Waals surface area contributed by atoms with E-state index < -0.39 is 17.1 Å². The van der Waals surface area contributed by atoms with Crippen molar-refractivity contribution in [3.8, 4) is 11.5 Å². The number of alkyl halides is 1.